The van der Waals surface area contributed by atoms with Crippen molar-refractivity contribution in [2.45, 2.75) is 44.7 Å². The Morgan fingerprint density at radius 1 is 1.03 bits per heavy atom. The molecule has 9 heteroatoms. The molecule has 0 radical (unpaired) electrons. The summed E-state index contributed by atoms with van der Waals surface area (Å²) in [5, 5.41) is 15.7. The van der Waals surface area contributed by atoms with Crippen LogP contribution in [0.3, 0.4) is 0 Å². The van der Waals surface area contributed by atoms with Crippen LogP contribution in [-0.4, -0.2) is 46.1 Å². The largest absolute Gasteiger partial charge is 0.480 e. The van der Waals surface area contributed by atoms with Crippen molar-refractivity contribution in [3.05, 3.63) is 101 Å². The van der Waals surface area contributed by atoms with Crippen LogP contribution in [0.5, 0.6) is 0 Å². The number of carboxylic acid groups (broad SMARTS) is 1. The average molecular weight is 522 g/mol. The number of benzene rings is 3. The van der Waals surface area contributed by atoms with Crippen molar-refractivity contribution in [3.8, 4) is 0 Å². The highest BCUT2D eigenvalue weighted by molar-refractivity contribution is 6.30. The first-order chi connectivity index (χ1) is 17.8. The molecule has 37 heavy (non-hydrogen) atoms. The molecule has 0 bridgehead atoms. The van der Waals surface area contributed by atoms with Gasteiger partial charge in [-0.15, -0.1) is 0 Å². The topological polar surface area (TPSA) is 108 Å². The Bertz CT molecular complexity index is 1270. The molecule has 3 amide bonds. The molecule has 0 aliphatic carbocycles. The smallest absolute Gasteiger partial charge is 0.326 e. The van der Waals surface area contributed by atoms with Gasteiger partial charge >= 0.3 is 12.0 Å². The molecule has 0 aromatic heterocycles. The first-order valence-corrected chi connectivity index (χ1v) is 12.3. The molecule has 3 N–H and O–H groups in total. The van der Waals surface area contributed by atoms with E-state index in [1.807, 2.05) is 54.6 Å². The number of fused-ring (bicyclic) bond motifs is 1. The van der Waals surface area contributed by atoms with E-state index in [1.54, 1.807) is 31.2 Å². The summed E-state index contributed by atoms with van der Waals surface area (Å²) in [6, 6.07) is 20.6. The highest BCUT2D eigenvalue weighted by atomic mass is 35.5. The number of rotatable bonds is 8. The van der Waals surface area contributed by atoms with Crippen LogP contribution < -0.4 is 10.6 Å². The third kappa shape index (κ3) is 6.67. The van der Waals surface area contributed by atoms with Gasteiger partial charge in [-0.25, -0.2) is 9.59 Å². The number of hydrogen-bond donors (Lipinski definition) is 3. The number of carbonyl (C=O) groups is 3. The van der Waals surface area contributed by atoms with Crippen molar-refractivity contribution in [2.75, 3.05) is 5.32 Å². The first-order valence-electron chi connectivity index (χ1n) is 11.9. The second-order valence-electron chi connectivity index (χ2n) is 8.88. The van der Waals surface area contributed by atoms with E-state index in [1.165, 1.54) is 4.90 Å². The fraction of sp³-hybridized carbons (Fsp3) is 0.250. The Labute approximate surface area is 220 Å². The quantitative estimate of drug-likeness (QED) is 0.405. The predicted octanol–water partition coefficient (Wildman–Crippen LogP) is 4.47. The van der Waals surface area contributed by atoms with E-state index < -0.39 is 36.1 Å². The Morgan fingerprint density at radius 3 is 2.43 bits per heavy atom. The Kier molecular flexibility index (Phi) is 8.43. The molecule has 0 fully saturated rings. The minimum absolute atomic E-state index is 0.117. The lowest BCUT2D eigenvalue weighted by molar-refractivity contribution is -0.154. The maximum atomic E-state index is 13.8. The van der Waals surface area contributed by atoms with Gasteiger partial charge in [0, 0.05) is 23.7 Å². The fourth-order valence-corrected chi connectivity index (χ4v) is 4.50. The minimum atomic E-state index is -1.14. The molecule has 3 aromatic rings. The molecule has 1 aliphatic heterocycles. The predicted molar refractivity (Wildman–Crippen MR) is 140 cm³/mol. The monoisotopic (exact) mass is 521 g/mol. The lowest BCUT2D eigenvalue weighted by atomic mass is 9.93. The average Bonchev–Trinajstić information content (AvgIpc) is 2.89. The molecule has 1 aliphatic rings. The summed E-state index contributed by atoms with van der Waals surface area (Å²) in [4.78, 5) is 40.2. The van der Waals surface area contributed by atoms with Gasteiger partial charge in [-0.05, 0) is 41.8 Å². The van der Waals surface area contributed by atoms with Gasteiger partial charge in [-0.2, -0.15) is 0 Å². The number of carbonyl (C=O) groups excluding carboxylic acids is 2. The van der Waals surface area contributed by atoms with E-state index in [4.69, 9.17) is 16.3 Å². The van der Waals surface area contributed by atoms with Gasteiger partial charge < -0.3 is 25.4 Å². The van der Waals surface area contributed by atoms with Crippen LogP contribution in [0, 0.1) is 0 Å². The van der Waals surface area contributed by atoms with E-state index in [9.17, 15) is 19.5 Å². The first kappa shape index (κ1) is 26.2. The Hall–Kier alpha value is -3.88. The molecule has 1 heterocycles. The van der Waals surface area contributed by atoms with Crippen molar-refractivity contribution >= 4 is 35.2 Å². The van der Waals surface area contributed by atoms with Crippen molar-refractivity contribution in [1.82, 2.24) is 10.2 Å². The van der Waals surface area contributed by atoms with Crippen LogP contribution in [0.15, 0.2) is 78.9 Å². The van der Waals surface area contributed by atoms with Gasteiger partial charge in [0.1, 0.15) is 12.1 Å². The number of anilines is 1. The number of halogens is 1. The zero-order chi connectivity index (χ0) is 26.4. The zero-order valence-corrected chi connectivity index (χ0v) is 21.0. The fourth-order valence-electron chi connectivity index (χ4n) is 4.31. The van der Waals surface area contributed by atoms with Crippen LogP contribution in [0.4, 0.5) is 10.5 Å². The standard InChI is InChI=1S/C28H28ClN3O5/c1-18(37-17-19-8-3-2-4-9-19)25(31-28(36)30-23-13-7-12-22(29)15-23)26(33)32-16-21-11-6-5-10-20(21)14-24(32)27(34)35/h2-13,15,18,24-25H,14,16-17H2,1H3,(H,34,35)(H2,30,31,36)/t18-,24-,25+/m1/s1. The molecule has 4 rings (SSSR count). The van der Waals surface area contributed by atoms with Crippen molar-refractivity contribution in [2.24, 2.45) is 0 Å². The van der Waals surface area contributed by atoms with Crippen LogP contribution in [0.25, 0.3) is 0 Å². The molecule has 0 saturated carbocycles. The third-order valence-corrected chi connectivity index (χ3v) is 6.51. The molecular formula is C28H28ClN3O5. The summed E-state index contributed by atoms with van der Waals surface area (Å²) in [6.07, 6.45) is -0.581. The van der Waals surface area contributed by atoms with E-state index in [2.05, 4.69) is 10.6 Å². The van der Waals surface area contributed by atoms with Gasteiger partial charge in [0.15, 0.2) is 0 Å². The lowest BCUT2D eigenvalue weighted by Gasteiger charge is -2.38. The van der Waals surface area contributed by atoms with Gasteiger partial charge in [-0.1, -0.05) is 72.3 Å². The van der Waals surface area contributed by atoms with Crippen LogP contribution in [-0.2, 0) is 33.9 Å². The van der Waals surface area contributed by atoms with Crippen LogP contribution in [0.1, 0.15) is 23.6 Å². The number of carboxylic acids is 1. The molecule has 192 valence electrons. The molecule has 3 atom stereocenters. The van der Waals surface area contributed by atoms with E-state index in [0.717, 1.165) is 16.7 Å². The maximum Gasteiger partial charge on any atom is 0.326 e. The SMILES string of the molecule is C[C@@H](OCc1ccccc1)[C@H](NC(=O)Nc1cccc(Cl)c1)C(=O)N1Cc2ccccc2C[C@@H]1C(=O)O. The van der Waals surface area contributed by atoms with Crippen LogP contribution in [0.2, 0.25) is 5.02 Å². The normalized spacial score (nSPS) is 16.3. The molecule has 0 spiro atoms. The van der Waals surface area contributed by atoms with E-state index in [-0.39, 0.29) is 19.6 Å². The minimum Gasteiger partial charge on any atom is -0.480 e. The van der Waals surface area contributed by atoms with E-state index in [0.29, 0.717) is 10.7 Å². The lowest BCUT2D eigenvalue weighted by Crippen LogP contribution is -2.59. The number of ether oxygens (including phenoxy) is 1. The number of urea groups is 1. The highest BCUT2D eigenvalue weighted by Gasteiger charge is 2.40. The molecule has 3 aromatic carbocycles. The molecular weight excluding hydrogens is 494 g/mol. The third-order valence-electron chi connectivity index (χ3n) is 6.28. The second-order valence-corrected chi connectivity index (χ2v) is 9.32. The summed E-state index contributed by atoms with van der Waals surface area (Å²) < 4.78 is 5.98. The van der Waals surface area contributed by atoms with Gasteiger partial charge in [0.25, 0.3) is 0 Å². The summed E-state index contributed by atoms with van der Waals surface area (Å²) in [7, 11) is 0. The van der Waals surface area contributed by atoms with Crippen molar-refractivity contribution in [3.63, 3.8) is 0 Å². The van der Waals surface area contributed by atoms with Crippen LogP contribution >= 0.6 is 11.6 Å². The summed E-state index contributed by atoms with van der Waals surface area (Å²) in [5.74, 6) is -1.65. The number of nitrogens with zero attached hydrogens (tertiary/aromatic N) is 1. The second kappa shape index (κ2) is 11.9. The molecule has 0 saturated heterocycles. The molecule has 0 unspecified atom stereocenters. The zero-order valence-electron chi connectivity index (χ0n) is 20.3. The number of nitrogens with one attached hydrogen (secondary N) is 2. The summed E-state index contributed by atoms with van der Waals surface area (Å²) in [5.41, 5.74) is 3.10. The number of amides is 3. The van der Waals surface area contributed by atoms with Gasteiger partial charge in [-0.3, -0.25) is 4.79 Å². The van der Waals surface area contributed by atoms with Crippen molar-refractivity contribution < 1.29 is 24.2 Å². The number of aliphatic carboxylic acids is 1. The summed E-state index contributed by atoms with van der Waals surface area (Å²) >= 11 is 6.01. The maximum absolute atomic E-state index is 13.8. The van der Waals surface area contributed by atoms with Gasteiger partial charge in [0.2, 0.25) is 5.91 Å². The summed E-state index contributed by atoms with van der Waals surface area (Å²) in [6.45, 7) is 2.01. The Balaban J connectivity index is 1.57. The Morgan fingerprint density at radius 2 is 1.73 bits per heavy atom. The van der Waals surface area contributed by atoms with Crippen molar-refractivity contribution in [1.29, 1.82) is 0 Å². The highest BCUT2D eigenvalue weighted by Crippen LogP contribution is 2.25. The van der Waals surface area contributed by atoms with E-state index >= 15 is 0 Å². The van der Waals surface area contributed by atoms with Gasteiger partial charge in [0.05, 0.1) is 12.7 Å². The molecule has 8 nitrogen and oxygen atoms in total. The number of hydrogen-bond acceptors (Lipinski definition) is 4.